The zero-order chi connectivity index (χ0) is 14.9. The molecule has 0 unspecified atom stereocenters. The smallest absolute Gasteiger partial charge is 0.223 e. The van der Waals surface area contributed by atoms with Gasteiger partial charge in [-0.05, 0) is 37.2 Å². The Hall–Kier alpha value is -2.01. The van der Waals surface area contributed by atoms with Crippen LogP contribution in [0, 0.1) is 0 Å². The van der Waals surface area contributed by atoms with Crippen molar-refractivity contribution in [1.82, 2.24) is 10.6 Å². The first-order valence-electron chi connectivity index (χ1n) is 7.20. The maximum atomic E-state index is 11.7. The molecule has 0 bridgehead atoms. The highest BCUT2D eigenvalue weighted by molar-refractivity contribution is 5.76. The van der Waals surface area contributed by atoms with E-state index in [1.54, 1.807) is 7.11 Å². The number of hydrogen-bond donors (Lipinski definition) is 2. The van der Waals surface area contributed by atoms with Gasteiger partial charge in [0.2, 0.25) is 5.91 Å². The monoisotopic (exact) mass is 290 g/mol. The summed E-state index contributed by atoms with van der Waals surface area (Å²) in [7, 11) is 1.62. The number of ether oxygens (including phenoxy) is 2. The Balaban J connectivity index is 1.63. The predicted molar refractivity (Wildman–Crippen MR) is 81.7 cm³/mol. The molecule has 1 aromatic rings. The number of methoxy groups -OCH3 is 1. The quantitative estimate of drug-likeness (QED) is 0.747. The fourth-order valence-electron chi connectivity index (χ4n) is 2.06. The normalized spacial score (nSPS) is 14.2. The van der Waals surface area contributed by atoms with Crippen LogP contribution in [0.25, 0.3) is 0 Å². The first-order chi connectivity index (χ1) is 10.3. The van der Waals surface area contributed by atoms with Crippen molar-refractivity contribution in [3.8, 4) is 11.5 Å². The third kappa shape index (κ3) is 5.47. The molecule has 114 valence electrons. The molecule has 0 radical (unpaired) electrons. The summed E-state index contributed by atoms with van der Waals surface area (Å²) < 4.78 is 10.6. The zero-order valence-corrected chi connectivity index (χ0v) is 12.4. The van der Waals surface area contributed by atoms with Crippen LogP contribution in [0.2, 0.25) is 0 Å². The summed E-state index contributed by atoms with van der Waals surface area (Å²) in [5.41, 5.74) is 1.29. The minimum Gasteiger partial charge on any atom is -0.497 e. The van der Waals surface area contributed by atoms with Crippen molar-refractivity contribution in [3.63, 3.8) is 0 Å². The average Bonchev–Trinajstić information content (AvgIpc) is 2.54. The Morgan fingerprint density at radius 1 is 1.29 bits per heavy atom. The molecule has 1 amide bonds. The van der Waals surface area contributed by atoms with Crippen LogP contribution in [-0.2, 0) is 4.79 Å². The zero-order valence-electron chi connectivity index (χ0n) is 12.4. The van der Waals surface area contributed by atoms with Crippen molar-refractivity contribution >= 4 is 5.91 Å². The first-order valence-corrected chi connectivity index (χ1v) is 7.20. The molecule has 0 aromatic heterocycles. The van der Waals surface area contributed by atoms with E-state index in [1.165, 1.54) is 5.57 Å². The predicted octanol–water partition coefficient (Wildman–Crippen LogP) is 1.50. The molecule has 1 aliphatic heterocycles. The molecule has 1 aromatic carbocycles. The van der Waals surface area contributed by atoms with Gasteiger partial charge in [-0.1, -0.05) is 11.6 Å². The van der Waals surface area contributed by atoms with Gasteiger partial charge in [0, 0.05) is 13.1 Å². The Morgan fingerprint density at radius 2 is 2.05 bits per heavy atom. The highest BCUT2D eigenvalue weighted by Gasteiger charge is 2.06. The lowest BCUT2D eigenvalue weighted by Crippen LogP contribution is -2.30. The third-order valence-electron chi connectivity index (χ3n) is 3.33. The van der Waals surface area contributed by atoms with Crippen LogP contribution in [-0.4, -0.2) is 39.3 Å². The molecule has 21 heavy (non-hydrogen) atoms. The Morgan fingerprint density at radius 3 is 2.71 bits per heavy atom. The average molecular weight is 290 g/mol. The molecule has 1 heterocycles. The van der Waals surface area contributed by atoms with Gasteiger partial charge in [-0.2, -0.15) is 0 Å². The van der Waals surface area contributed by atoms with E-state index < -0.39 is 0 Å². The molecule has 5 heteroatoms. The topological polar surface area (TPSA) is 59.6 Å². The van der Waals surface area contributed by atoms with Crippen molar-refractivity contribution in [2.24, 2.45) is 0 Å². The van der Waals surface area contributed by atoms with Crippen molar-refractivity contribution in [3.05, 3.63) is 35.9 Å². The number of rotatable bonds is 7. The van der Waals surface area contributed by atoms with E-state index in [0.717, 1.165) is 31.0 Å². The van der Waals surface area contributed by atoms with Crippen molar-refractivity contribution in [2.75, 3.05) is 33.4 Å². The summed E-state index contributed by atoms with van der Waals surface area (Å²) in [6, 6.07) is 7.32. The number of amides is 1. The van der Waals surface area contributed by atoms with E-state index in [9.17, 15) is 4.79 Å². The van der Waals surface area contributed by atoms with Crippen molar-refractivity contribution in [1.29, 1.82) is 0 Å². The molecular formula is C16H22N2O3. The van der Waals surface area contributed by atoms with Gasteiger partial charge in [0.25, 0.3) is 0 Å². The fraction of sp³-hybridized carbons (Fsp3) is 0.438. The van der Waals surface area contributed by atoms with E-state index in [4.69, 9.17) is 9.47 Å². The number of hydrogen-bond acceptors (Lipinski definition) is 4. The molecule has 0 aliphatic carbocycles. The summed E-state index contributed by atoms with van der Waals surface area (Å²) in [5.74, 6) is 1.54. The van der Waals surface area contributed by atoms with Gasteiger partial charge in [-0.25, -0.2) is 0 Å². The molecule has 2 N–H and O–H groups in total. The van der Waals surface area contributed by atoms with Crippen molar-refractivity contribution < 1.29 is 14.3 Å². The molecule has 0 atom stereocenters. The minimum absolute atomic E-state index is 0.0166. The highest BCUT2D eigenvalue weighted by atomic mass is 16.5. The van der Waals surface area contributed by atoms with E-state index in [-0.39, 0.29) is 5.91 Å². The highest BCUT2D eigenvalue weighted by Crippen LogP contribution is 2.16. The van der Waals surface area contributed by atoms with Crippen LogP contribution in [0.1, 0.15) is 12.8 Å². The summed E-state index contributed by atoms with van der Waals surface area (Å²) in [5, 5.41) is 6.17. The first kappa shape index (κ1) is 15.4. The summed E-state index contributed by atoms with van der Waals surface area (Å²) in [6.45, 7) is 2.90. The maximum Gasteiger partial charge on any atom is 0.223 e. The lowest BCUT2D eigenvalue weighted by atomic mass is 10.1. The largest absolute Gasteiger partial charge is 0.497 e. The molecule has 0 spiro atoms. The summed E-state index contributed by atoms with van der Waals surface area (Å²) >= 11 is 0. The minimum atomic E-state index is 0.0166. The summed E-state index contributed by atoms with van der Waals surface area (Å²) in [6.07, 6.45) is 3.50. The third-order valence-corrected chi connectivity index (χ3v) is 3.33. The Kier molecular flexibility index (Phi) is 6.09. The molecule has 2 rings (SSSR count). The maximum absolute atomic E-state index is 11.7. The summed E-state index contributed by atoms with van der Waals surface area (Å²) in [4.78, 5) is 11.7. The van der Waals surface area contributed by atoms with Gasteiger partial charge in [0.05, 0.1) is 20.1 Å². The molecule has 0 saturated carbocycles. The van der Waals surface area contributed by atoms with Gasteiger partial charge >= 0.3 is 0 Å². The second-order valence-corrected chi connectivity index (χ2v) is 4.87. The van der Waals surface area contributed by atoms with Crippen LogP contribution in [0.5, 0.6) is 11.5 Å². The van der Waals surface area contributed by atoms with Gasteiger partial charge in [0.1, 0.15) is 11.5 Å². The number of nitrogens with one attached hydrogen (secondary N) is 2. The number of carbonyl (C=O) groups is 1. The second-order valence-electron chi connectivity index (χ2n) is 4.87. The van der Waals surface area contributed by atoms with Crippen LogP contribution in [0.15, 0.2) is 35.9 Å². The Bertz CT molecular complexity index is 483. The lowest BCUT2D eigenvalue weighted by molar-refractivity contribution is -0.121. The van der Waals surface area contributed by atoms with Gasteiger partial charge in [0.15, 0.2) is 0 Å². The standard InChI is InChI=1S/C16H22N2O3/c1-20-14-2-4-15(5-3-14)21-11-8-16(19)18-12-13-6-9-17-10-7-13/h2-6,17H,7-12H2,1H3,(H,18,19). The number of benzene rings is 1. The Labute approximate surface area is 125 Å². The molecule has 1 aliphatic rings. The van der Waals surface area contributed by atoms with Crippen LogP contribution in [0.4, 0.5) is 0 Å². The van der Waals surface area contributed by atoms with Crippen LogP contribution in [0.3, 0.4) is 0 Å². The SMILES string of the molecule is COc1ccc(OCCC(=O)NCC2=CCNCC2)cc1. The van der Waals surface area contributed by atoms with Gasteiger partial charge in [-0.3, -0.25) is 4.79 Å². The molecular weight excluding hydrogens is 268 g/mol. The fourth-order valence-corrected chi connectivity index (χ4v) is 2.06. The van der Waals surface area contributed by atoms with E-state index in [2.05, 4.69) is 16.7 Å². The van der Waals surface area contributed by atoms with Gasteiger partial charge in [-0.15, -0.1) is 0 Å². The molecule has 0 fully saturated rings. The number of carbonyl (C=O) groups excluding carboxylic acids is 1. The molecule has 5 nitrogen and oxygen atoms in total. The van der Waals surface area contributed by atoms with E-state index >= 15 is 0 Å². The van der Waals surface area contributed by atoms with Crippen LogP contribution < -0.4 is 20.1 Å². The molecule has 0 saturated heterocycles. The van der Waals surface area contributed by atoms with E-state index in [0.29, 0.717) is 19.6 Å². The van der Waals surface area contributed by atoms with Crippen LogP contribution >= 0.6 is 0 Å². The van der Waals surface area contributed by atoms with Crippen molar-refractivity contribution in [2.45, 2.75) is 12.8 Å². The lowest BCUT2D eigenvalue weighted by Gasteiger charge is -2.14. The van der Waals surface area contributed by atoms with Gasteiger partial charge < -0.3 is 20.1 Å². The van der Waals surface area contributed by atoms with E-state index in [1.807, 2.05) is 24.3 Å². The second kappa shape index (κ2) is 8.32.